The van der Waals surface area contributed by atoms with Crippen molar-refractivity contribution < 1.29 is 4.79 Å². The Hall–Kier alpha value is -3.74. The van der Waals surface area contributed by atoms with Crippen LogP contribution in [0.2, 0.25) is 0 Å². The van der Waals surface area contributed by atoms with Gasteiger partial charge in [-0.15, -0.1) is 0 Å². The van der Waals surface area contributed by atoms with Crippen LogP contribution >= 0.6 is 0 Å². The first-order valence-corrected chi connectivity index (χ1v) is 8.87. The highest BCUT2D eigenvalue weighted by Gasteiger charge is 2.60. The number of aromatic nitrogens is 2. The van der Waals surface area contributed by atoms with E-state index in [9.17, 15) is 14.4 Å². The van der Waals surface area contributed by atoms with Crippen molar-refractivity contribution in [1.29, 1.82) is 0 Å². The Bertz CT molecular complexity index is 1070. The smallest absolute Gasteiger partial charge is 0.306 e. The van der Waals surface area contributed by atoms with E-state index in [0.717, 1.165) is 11.1 Å². The van der Waals surface area contributed by atoms with E-state index in [1.54, 1.807) is 0 Å². The number of carbonyl (C=O) groups excluding carboxylic acids is 1. The molecule has 0 unspecified atom stereocenters. The molecule has 0 radical (unpaired) electrons. The maximum absolute atomic E-state index is 12.7. The van der Waals surface area contributed by atoms with Gasteiger partial charge in [0.25, 0.3) is 5.56 Å². The molecule has 1 fully saturated rings. The number of hydrogen-bond donors (Lipinski definition) is 3. The molecular formula is C21H18N4O3. The topological polar surface area (TPSA) is 107 Å². The van der Waals surface area contributed by atoms with E-state index >= 15 is 0 Å². The number of hydrazone groups is 1. The Balaban J connectivity index is 1.55. The summed E-state index contributed by atoms with van der Waals surface area (Å²) in [4.78, 5) is 39.8. The molecule has 2 aromatic carbocycles. The zero-order chi connectivity index (χ0) is 19.6. The first kappa shape index (κ1) is 17.7. The van der Waals surface area contributed by atoms with Gasteiger partial charge in [-0.05, 0) is 17.5 Å². The molecule has 0 bridgehead atoms. The summed E-state index contributed by atoms with van der Waals surface area (Å²) in [7, 11) is 0. The highest BCUT2D eigenvalue weighted by molar-refractivity contribution is 5.87. The van der Waals surface area contributed by atoms with Gasteiger partial charge < -0.3 is 4.98 Å². The number of amides is 1. The van der Waals surface area contributed by atoms with E-state index in [2.05, 4.69) is 20.5 Å². The standard InChI is InChI=1S/C21H18N4O3/c26-18-11-16(23-20(28)24-18)13-22-25-19(27)17-12-21(17,14-7-3-1-4-8-14)15-9-5-2-6-10-15/h1-11,13,17H,12H2,(H,25,27)(H2,23,24,26,28)/b22-13-/t17-/m0/s1. The molecule has 0 spiro atoms. The molecular weight excluding hydrogens is 356 g/mol. The number of rotatable bonds is 5. The third-order valence-corrected chi connectivity index (χ3v) is 5.01. The van der Waals surface area contributed by atoms with Gasteiger partial charge >= 0.3 is 5.69 Å². The lowest BCUT2D eigenvalue weighted by atomic mass is 9.85. The number of H-pyrrole nitrogens is 2. The molecule has 140 valence electrons. The van der Waals surface area contributed by atoms with Crippen LogP contribution in [0.3, 0.4) is 0 Å². The van der Waals surface area contributed by atoms with E-state index in [1.807, 2.05) is 60.7 Å². The largest absolute Gasteiger partial charge is 0.326 e. The van der Waals surface area contributed by atoms with E-state index in [0.29, 0.717) is 6.42 Å². The first-order chi connectivity index (χ1) is 13.6. The zero-order valence-electron chi connectivity index (χ0n) is 14.9. The zero-order valence-corrected chi connectivity index (χ0v) is 14.9. The van der Waals surface area contributed by atoms with Crippen LogP contribution in [0.5, 0.6) is 0 Å². The van der Waals surface area contributed by atoms with E-state index in [-0.39, 0.29) is 22.9 Å². The molecule has 7 nitrogen and oxygen atoms in total. The molecule has 7 heteroatoms. The van der Waals surface area contributed by atoms with Crippen LogP contribution in [-0.2, 0) is 10.2 Å². The van der Waals surface area contributed by atoms with Crippen molar-refractivity contribution >= 4 is 12.1 Å². The number of carbonyl (C=O) groups is 1. The van der Waals surface area contributed by atoms with Crippen LogP contribution in [0.15, 0.2) is 81.4 Å². The quantitative estimate of drug-likeness (QED) is 0.465. The number of nitrogens with one attached hydrogen (secondary N) is 3. The summed E-state index contributed by atoms with van der Waals surface area (Å²) < 4.78 is 0. The minimum absolute atomic E-state index is 0.210. The minimum Gasteiger partial charge on any atom is -0.306 e. The Morgan fingerprint density at radius 2 is 1.61 bits per heavy atom. The van der Waals surface area contributed by atoms with E-state index in [4.69, 9.17) is 0 Å². The van der Waals surface area contributed by atoms with Gasteiger partial charge in [-0.2, -0.15) is 5.10 Å². The fourth-order valence-electron chi connectivity index (χ4n) is 3.66. The van der Waals surface area contributed by atoms with Crippen molar-refractivity contribution in [2.24, 2.45) is 11.0 Å². The Morgan fingerprint density at radius 1 is 1.00 bits per heavy atom. The summed E-state index contributed by atoms with van der Waals surface area (Å²) in [6.07, 6.45) is 1.92. The second-order valence-electron chi connectivity index (χ2n) is 6.74. The maximum Gasteiger partial charge on any atom is 0.326 e. The summed E-state index contributed by atoms with van der Waals surface area (Å²) in [5, 5.41) is 3.89. The molecule has 3 aromatic rings. The molecule has 1 heterocycles. The highest BCUT2D eigenvalue weighted by atomic mass is 16.2. The first-order valence-electron chi connectivity index (χ1n) is 8.87. The van der Waals surface area contributed by atoms with Crippen LogP contribution in [0.1, 0.15) is 23.2 Å². The Kier molecular flexibility index (Phi) is 4.49. The van der Waals surface area contributed by atoms with Crippen molar-refractivity contribution in [2.75, 3.05) is 0 Å². The van der Waals surface area contributed by atoms with Crippen LogP contribution < -0.4 is 16.7 Å². The number of nitrogens with zero attached hydrogens (tertiary/aromatic N) is 1. The van der Waals surface area contributed by atoms with Crippen molar-refractivity contribution in [3.05, 3.63) is 104 Å². The lowest BCUT2D eigenvalue weighted by Crippen LogP contribution is -2.26. The summed E-state index contributed by atoms with van der Waals surface area (Å²) in [6.45, 7) is 0. The van der Waals surface area contributed by atoms with Gasteiger partial charge in [0.05, 0.1) is 17.8 Å². The van der Waals surface area contributed by atoms with Crippen molar-refractivity contribution in [3.8, 4) is 0 Å². The molecule has 4 rings (SSSR count). The average Bonchev–Trinajstić information content (AvgIpc) is 3.46. The van der Waals surface area contributed by atoms with Crippen LogP contribution in [0.4, 0.5) is 0 Å². The normalized spacial score (nSPS) is 17.4. The van der Waals surface area contributed by atoms with E-state index in [1.165, 1.54) is 12.3 Å². The van der Waals surface area contributed by atoms with Gasteiger partial charge in [-0.25, -0.2) is 10.2 Å². The fourth-order valence-corrected chi connectivity index (χ4v) is 3.66. The highest BCUT2D eigenvalue weighted by Crippen LogP contribution is 2.58. The second-order valence-corrected chi connectivity index (χ2v) is 6.74. The SMILES string of the molecule is O=C(N/N=C\c1cc(=O)[nH]c(=O)[nH]1)[C@@H]1CC1(c1ccccc1)c1ccccc1. The van der Waals surface area contributed by atoms with Gasteiger partial charge in [-0.1, -0.05) is 60.7 Å². The number of benzene rings is 2. The van der Waals surface area contributed by atoms with Crippen molar-refractivity contribution in [2.45, 2.75) is 11.8 Å². The molecule has 1 atom stereocenters. The minimum atomic E-state index is -0.630. The molecule has 1 aliphatic carbocycles. The molecule has 1 saturated carbocycles. The third-order valence-electron chi connectivity index (χ3n) is 5.01. The predicted molar refractivity (Wildman–Crippen MR) is 105 cm³/mol. The van der Waals surface area contributed by atoms with Gasteiger partial charge in [0.2, 0.25) is 5.91 Å². The van der Waals surface area contributed by atoms with Gasteiger partial charge in [-0.3, -0.25) is 14.6 Å². The lowest BCUT2D eigenvalue weighted by Gasteiger charge is -2.18. The average molecular weight is 374 g/mol. The number of aromatic amines is 2. The molecule has 0 aliphatic heterocycles. The predicted octanol–water partition coefficient (Wildman–Crippen LogP) is 1.52. The third kappa shape index (κ3) is 3.29. The lowest BCUT2D eigenvalue weighted by molar-refractivity contribution is -0.122. The monoisotopic (exact) mass is 374 g/mol. The molecule has 1 amide bonds. The van der Waals surface area contributed by atoms with Gasteiger partial charge in [0.1, 0.15) is 0 Å². The Morgan fingerprint density at radius 3 is 2.18 bits per heavy atom. The maximum atomic E-state index is 12.7. The molecule has 28 heavy (non-hydrogen) atoms. The molecule has 1 aromatic heterocycles. The van der Waals surface area contributed by atoms with Gasteiger partial charge in [0.15, 0.2) is 0 Å². The van der Waals surface area contributed by atoms with Crippen molar-refractivity contribution in [3.63, 3.8) is 0 Å². The molecule has 3 N–H and O–H groups in total. The van der Waals surface area contributed by atoms with Crippen LogP contribution in [0.25, 0.3) is 0 Å². The second kappa shape index (κ2) is 7.11. The summed E-state index contributed by atoms with van der Waals surface area (Å²) in [5.74, 6) is -0.469. The van der Waals surface area contributed by atoms with Crippen molar-refractivity contribution in [1.82, 2.24) is 15.4 Å². The van der Waals surface area contributed by atoms with Crippen LogP contribution in [0, 0.1) is 5.92 Å². The Labute approximate surface area is 160 Å². The number of hydrogen-bond acceptors (Lipinski definition) is 4. The summed E-state index contributed by atoms with van der Waals surface area (Å²) in [5.41, 5.74) is 3.37. The summed E-state index contributed by atoms with van der Waals surface area (Å²) in [6, 6.07) is 21.1. The molecule has 1 aliphatic rings. The van der Waals surface area contributed by atoms with Gasteiger partial charge in [0, 0.05) is 11.5 Å². The van der Waals surface area contributed by atoms with Crippen LogP contribution in [-0.4, -0.2) is 22.1 Å². The summed E-state index contributed by atoms with van der Waals surface area (Å²) >= 11 is 0. The fraction of sp³-hybridized carbons (Fsp3) is 0.143. The molecule has 0 saturated heterocycles. The van der Waals surface area contributed by atoms with E-state index < -0.39 is 11.2 Å².